The van der Waals surface area contributed by atoms with E-state index in [1.54, 1.807) is 33.7 Å². The van der Waals surface area contributed by atoms with E-state index in [1.807, 2.05) is 36.6 Å². The molecule has 33 heavy (non-hydrogen) atoms. The van der Waals surface area contributed by atoms with Crippen LogP contribution in [0.2, 0.25) is 0 Å². The van der Waals surface area contributed by atoms with Crippen molar-refractivity contribution >= 4 is 29.6 Å². The summed E-state index contributed by atoms with van der Waals surface area (Å²) in [5.74, 6) is 2.95. The lowest BCUT2D eigenvalue weighted by molar-refractivity contribution is -0.189. The SMILES string of the molecule is C#CCN1CC(=O)N2[C@@H](CCSC)C(=O)N(CCOC)C[C@@H]2N1C(=O)NCc1ccccc1. The summed E-state index contributed by atoms with van der Waals surface area (Å²) in [7, 11) is 1.58. The monoisotopic (exact) mass is 473 g/mol. The van der Waals surface area contributed by atoms with Crippen LogP contribution in [0, 0.1) is 12.3 Å². The summed E-state index contributed by atoms with van der Waals surface area (Å²) in [5.41, 5.74) is 0.956. The summed E-state index contributed by atoms with van der Waals surface area (Å²) in [5, 5.41) is 6.04. The first-order chi connectivity index (χ1) is 16.0. The van der Waals surface area contributed by atoms with Crippen LogP contribution in [0.25, 0.3) is 0 Å². The molecule has 2 saturated heterocycles. The Morgan fingerprint density at radius 2 is 2.06 bits per heavy atom. The van der Waals surface area contributed by atoms with Crippen molar-refractivity contribution in [1.82, 2.24) is 25.1 Å². The van der Waals surface area contributed by atoms with Crippen molar-refractivity contribution < 1.29 is 19.1 Å². The molecule has 2 atom stereocenters. The van der Waals surface area contributed by atoms with E-state index >= 15 is 0 Å². The van der Waals surface area contributed by atoms with Crippen LogP contribution in [0.15, 0.2) is 30.3 Å². The maximum absolute atomic E-state index is 13.4. The first kappa shape index (κ1) is 24.9. The largest absolute Gasteiger partial charge is 0.383 e. The fraction of sp³-hybridized carbons (Fsp3) is 0.522. The van der Waals surface area contributed by atoms with Crippen molar-refractivity contribution in [2.24, 2.45) is 0 Å². The average molecular weight is 474 g/mol. The number of hydrogen-bond donors (Lipinski definition) is 1. The number of nitrogens with one attached hydrogen (secondary N) is 1. The predicted molar refractivity (Wildman–Crippen MR) is 127 cm³/mol. The van der Waals surface area contributed by atoms with Crippen molar-refractivity contribution in [2.45, 2.75) is 25.2 Å². The fourth-order valence-electron chi connectivity index (χ4n) is 4.20. The Bertz CT molecular complexity index is 877. The highest BCUT2D eigenvalue weighted by atomic mass is 32.2. The van der Waals surface area contributed by atoms with E-state index < -0.39 is 12.2 Å². The number of nitrogens with zero attached hydrogens (tertiary/aromatic N) is 4. The minimum Gasteiger partial charge on any atom is -0.383 e. The van der Waals surface area contributed by atoms with Gasteiger partial charge in [0.1, 0.15) is 12.2 Å². The number of carbonyl (C=O) groups is 3. The number of piperazine rings is 1. The maximum atomic E-state index is 13.4. The second-order valence-corrected chi connectivity index (χ2v) is 8.86. The van der Waals surface area contributed by atoms with E-state index in [0.29, 0.717) is 26.1 Å². The minimum atomic E-state index is -0.642. The van der Waals surface area contributed by atoms with Crippen LogP contribution >= 0.6 is 11.8 Å². The Hall–Kier alpha value is -2.74. The Balaban J connectivity index is 1.89. The first-order valence-corrected chi connectivity index (χ1v) is 12.3. The molecule has 0 radical (unpaired) electrons. The summed E-state index contributed by atoms with van der Waals surface area (Å²) in [4.78, 5) is 43.0. The first-order valence-electron chi connectivity index (χ1n) is 10.9. The molecule has 3 rings (SSSR count). The summed E-state index contributed by atoms with van der Waals surface area (Å²) < 4.78 is 5.18. The average Bonchev–Trinajstić information content (AvgIpc) is 2.82. The van der Waals surface area contributed by atoms with Gasteiger partial charge in [-0.1, -0.05) is 36.3 Å². The van der Waals surface area contributed by atoms with Gasteiger partial charge in [0, 0.05) is 20.2 Å². The number of ether oxygens (including phenoxy) is 1. The highest BCUT2D eigenvalue weighted by Crippen LogP contribution is 2.28. The number of fused-ring (bicyclic) bond motifs is 1. The van der Waals surface area contributed by atoms with E-state index in [4.69, 9.17) is 11.2 Å². The van der Waals surface area contributed by atoms with Gasteiger partial charge in [0.15, 0.2) is 0 Å². The molecule has 0 spiro atoms. The molecular formula is C23H31N5O4S. The molecule has 0 unspecified atom stereocenters. The van der Waals surface area contributed by atoms with Crippen LogP contribution in [-0.2, 0) is 20.9 Å². The van der Waals surface area contributed by atoms with Gasteiger partial charge in [-0.25, -0.2) is 9.80 Å². The molecule has 0 saturated carbocycles. The van der Waals surface area contributed by atoms with Crippen molar-refractivity contribution in [3.05, 3.63) is 35.9 Å². The molecule has 2 aliphatic rings. The normalized spacial score (nSPS) is 21.1. The lowest BCUT2D eigenvalue weighted by Crippen LogP contribution is -2.76. The summed E-state index contributed by atoms with van der Waals surface area (Å²) in [6.45, 7) is 1.34. The van der Waals surface area contributed by atoms with Crippen LogP contribution in [0.5, 0.6) is 0 Å². The number of methoxy groups -OCH3 is 1. The van der Waals surface area contributed by atoms with Crippen molar-refractivity contribution in [2.75, 3.05) is 51.9 Å². The van der Waals surface area contributed by atoms with Crippen molar-refractivity contribution in [3.8, 4) is 12.3 Å². The smallest absolute Gasteiger partial charge is 0.334 e. The van der Waals surface area contributed by atoms with Crippen LogP contribution in [0.1, 0.15) is 12.0 Å². The number of amides is 4. The lowest BCUT2D eigenvalue weighted by atomic mass is 10.0. The standard InChI is InChI=1S/C23H31N5O4S/c1-4-11-26-17-21(29)27-19(10-14-33-3)22(30)25(12-13-32-2)16-20(27)28(26)23(31)24-15-18-8-6-5-7-9-18/h1,5-9,19-20H,10-17H2,2-3H3,(H,24,31)/t19-,20-/m0/s1. The van der Waals surface area contributed by atoms with Gasteiger partial charge in [0.2, 0.25) is 11.8 Å². The predicted octanol–water partition coefficient (Wildman–Crippen LogP) is 0.827. The molecule has 0 bridgehead atoms. The number of rotatable bonds is 9. The Morgan fingerprint density at radius 1 is 1.30 bits per heavy atom. The Morgan fingerprint density at radius 3 is 2.73 bits per heavy atom. The van der Waals surface area contributed by atoms with Crippen molar-refractivity contribution in [3.63, 3.8) is 0 Å². The molecule has 178 valence electrons. The van der Waals surface area contributed by atoms with E-state index in [2.05, 4.69) is 11.2 Å². The number of benzene rings is 1. The van der Waals surface area contributed by atoms with Gasteiger partial charge in [0.25, 0.3) is 0 Å². The molecule has 1 aromatic rings. The molecule has 10 heteroatoms. The third kappa shape index (κ3) is 5.79. The Kier molecular flexibility index (Phi) is 9.00. The molecule has 2 fully saturated rings. The molecule has 2 aliphatic heterocycles. The van der Waals surface area contributed by atoms with Gasteiger partial charge in [-0.3, -0.25) is 9.59 Å². The number of hydrazine groups is 1. The fourth-order valence-corrected chi connectivity index (χ4v) is 4.66. The number of carbonyl (C=O) groups excluding carboxylic acids is 3. The maximum Gasteiger partial charge on any atom is 0.334 e. The lowest BCUT2D eigenvalue weighted by Gasteiger charge is -2.54. The van der Waals surface area contributed by atoms with Gasteiger partial charge in [0.05, 0.1) is 26.2 Å². The van der Waals surface area contributed by atoms with Gasteiger partial charge in [-0.05, 0) is 24.0 Å². The van der Waals surface area contributed by atoms with Gasteiger partial charge in [-0.2, -0.15) is 16.8 Å². The number of urea groups is 1. The highest BCUT2D eigenvalue weighted by molar-refractivity contribution is 7.98. The Labute approximate surface area is 199 Å². The van der Waals surface area contributed by atoms with Gasteiger partial charge >= 0.3 is 6.03 Å². The van der Waals surface area contributed by atoms with Gasteiger partial charge < -0.3 is 19.9 Å². The number of terminal acetylenes is 1. The zero-order chi connectivity index (χ0) is 23.8. The summed E-state index contributed by atoms with van der Waals surface area (Å²) in [6.07, 6.45) is 7.38. The quantitative estimate of drug-likeness (QED) is 0.535. The van der Waals surface area contributed by atoms with Crippen LogP contribution in [0.3, 0.4) is 0 Å². The second kappa shape index (κ2) is 11.9. The molecule has 0 aromatic heterocycles. The molecule has 0 aliphatic carbocycles. The third-order valence-electron chi connectivity index (χ3n) is 5.76. The highest BCUT2D eigenvalue weighted by Gasteiger charge is 2.50. The molecule has 1 aromatic carbocycles. The second-order valence-electron chi connectivity index (χ2n) is 7.87. The topological polar surface area (TPSA) is 85.4 Å². The van der Waals surface area contributed by atoms with E-state index in [9.17, 15) is 14.4 Å². The van der Waals surface area contributed by atoms with E-state index in [1.165, 1.54) is 5.01 Å². The van der Waals surface area contributed by atoms with E-state index in [0.717, 1.165) is 11.3 Å². The minimum absolute atomic E-state index is 0.0550. The molecule has 1 N–H and O–H groups in total. The van der Waals surface area contributed by atoms with Crippen LogP contribution in [0.4, 0.5) is 4.79 Å². The summed E-state index contributed by atoms with van der Waals surface area (Å²) >= 11 is 1.62. The molecule has 2 heterocycles. The van der Waals surface area contributed by atoms with Gasteiger partial charge in [-0.15, -0.1) is 6.42 Å². The van der Waals surface area contributed by atoms with Crippen molar-refractivity contribution in [1.29, 1.82) is 0 Å². The number of thioether (sulfide) groups is 1. The van der Waals surface area contributed by atoms with Crippen LogP contribution < -0.4 is 5.32 Å². The number of hydrogen-bond acceptors (Lipinski definition) is 6. The third-order valence-corrected chi connectivity index (χ3v) is 6.40. The van der Waals surface area contributed by atoms with Crippen LogP contribution in [-0.4, -0.2) is 102 Å². The molecule has 4 amide bonds. The molecule has 9 nitrogen and oxygen atoms in total. The van der Waals surface area contributed by atoms with E-state index in [-0.39, 0.29) is 37.5 Å². The summed E-state index contributed by atoms with van der Waals surface area (Å²) in [6, 6.07) is 8.59. The zero-order valence-electron chi connectivity index (χ0n) is 19.1. The molecular weight excluding hydrogens is 442 g/mol. The zero-order valence-corrected chi connectivity index (χ0v) is 19.9.